The number of fused-ring (bicyclic) bond motifs is 1. The average Bonchev–Trinajstić information content (AvgIpc) is 3.28. The molecule has 1 saturated carbocycles. The molecule has 0 atom stereocenters. The summed E-state index contributed by atoms with van der Waals surface area (Å²) in [6, 6.07) is 6.21. The Morgan fingerprint density at radius 3 is 2.81 bits per heavy atom. The van der Waals surface area contributed by atoms with Crippen molar-refractivity contribution in [3.63, 3.8) is 0 Å². The Labute approximate surface area is 149 Å². The van der Waals surface area contributed by atoms with Crippen LogP contribution in [0.15, 0.2) is 31.0 Å². The topological polar surface area (TPSA) is 111 Å². The maximum Gasteiger partial charge on any atom is 0.250 e. The van der Waals surface area contributed by atoms with Crippen LogP contribution in [0.4, 0.5) is 0 Å². The average molecular weight is 342 g/mol. The molecule has 1 aliphatic carbocycles. The molecule has 0 aliphatic heterocycles. The number of nitrogens with one attached hydrogen (secondary N) is 1. The molecular formula is C18H14N8. The minimum atomic E-state index is -0.708. The monoisotopic (exact) mass is 342 g/mol. The van der Waals surface area contributed by atoms with E-state index in [1.165, 1.54) is 6.33 Å². The van der Waals surface area contributed by atoms with Gasteiger partial charge in [0.05, 0.1) is 48.8 Å². The minimum Gasteiger partial charge on any atom is -0.346 e. The molecule has 8 nitrogen and oxygen atoms in total. The van der Waals surface area contributed by atoms with Crippen molar-refractivity contribution in [2.45, 2.75) is 36.8 Å². The summed E-state index contributed by atoms with van der Waals surface area (Å²) in [6.45, 7) is 7.44. The summed E-state index contributed by atoms with van der Waals surface area (Å²) in [4.78, 5) is 15.3. The molecule has 3 aromatic rings. The van der Waals surface area contributed by atoms with Gasteiger partial charge in [0.1, 0.15) is 18.4 Å². The normalized spacial score (nSPS) is 24.3. The fraction of sp³-hybridized carbons (Fsp3) is 0.333. The number of aromatic amines is 1. The fourth-order valence-electron chi connectivity index (χ4n) is 3.89. The Kier molecular flexibility index (Phi) is 3.45. The van der Waals surface area contributed by atoms with E-state index in [9.17, 15) is 5.26 Å². The van der Waals surface area contributed by atoms with Crippen LogP contribution in [0.5, 0.6) is 0 Å². The molecule has 8 heteroatoms. The number of H-pyrrole nitrogens is 1. The lowest BCUT2D eigenvalue weighted by Gasteiger charge is -2.46. The third-order valence-corrected chi connectivity index (χ3v) is 5.07. The molecule has 0 aromatic carbocycles. The van der Waals surface area contributed by atoms with Crippen molar-refractivity contribution in [1.82, 2.24) is 24.7 Å². The molecule has 1 fully saturated rings. The van der Waals surface area contributed by atoms with Crippen molar-refractivity contribution in [3.8, 4) is 23.4 Å². The molecule has 3 aromatic heterocycles. The summed E-state index contributed by atoms with van der Waals surface area (Å²) in [5, 5.41) is 23.6. The summed E-state index contributed by atoms with van der Waals surface area (Å²) in [7, 11) is 0. The van der Waals surface area contributed by atoms with E-state index in [0.717, 1.165) is 22.3 Å². The van der Waals surface area contributed by atoms with Crippen LogP contribution in [0.3, 0.4) is 0 Å². The van der Waals surface area contributed by atoms with Crippen molar-refractivity contribution in [3.05, 3.63) is 42.4 Å². The summed E-state index contributed by atoms with van der Waals surface area (Å²) in [5.74, 6) is 0. The van der Waals surface area contributed by atoms with Crippen LogP contribution in [-0.2, 0) is 5.54 Å². The third-order valence-electron chi connectivity index (χ3n) is 5.07. The standard InChI is InChI=1S/C18H14N8/c1-21-17(3-5-19)10-18(11-17,4-6-20)26-9-13(8-25-26)15-14-2-7-22-16(14)24-12-23-15/h2,7-9,12H,3-4,10-11H2,(H,22,23,24). The second-order valence-corrected chi connectivity index (χ2v) is 6.72. The quantitative estimate of drug-likeness (QED) is 0.733. The van der Waals surface area contributed by atoms with Crippen molar-refractivity contribution in [1.29, 1.82) is 10.5 Å². The lowest BCUT2D eigenvalue weighted by molar-refractivity contribution is 0.0577. The van der Waals surface area contributed by atoms with E-state index in [0.29, 0.717) is 12.8 Å². The molecule has 0 radical (unpaired) electrons. The lowest BCUT2D eigenvalue weighted by atomic mass is 9.60. The van der Waals surface area contributed by atoms with E-state index in [-0.39, 0.29) is 12.8 Å². The van der Waals surface area contributed by atoms with Gasteiger partial charge in [-0.2, -0.15) is 15.6 Å². The van der Waals surface area contributed by atoms with Gasteiger partial charge < -0.3 is 9.83 Å². The fourth-order valence-corrected chi connectivity index (χ4v) is 3.89. The van der Waals surface area contributed by atoms with Gasteiger partial charge in [0.25, 0.3) is 0 Å². The van der Waals surface area contributed by atoms with Gasteiger partial charge in [0, 0.05) is 23.3 Å². The molecule has 0 unspecified atom stereocenters. The molecule has 1 aliphatic rings. The molecule has 0 saturated heterocycles. The number of aromatic nitrogens is 5. The Balaban J connectivity index is 1.71. The minimum absolute atomic E-state index is 0.174. The van der Waals surface area contributed by atoms with Gasteiger partial charge in [-0.25, -0.2) is 16.5 Å². The molecule has 4 rings (SSSR count). The summed E-state index contributed by atoms with van der Waals surface area (Å²) >= 11 is 0. The largest absolute Gasteiger partial charge is 0.346 e. The van der Waals surface area contributed by atoms with Gasteiger partial charge in [-0.3, -0.25) is 4.68 Å². The predicted octanol–water partition coefficient (Wildman–Crippen LogP) is 2.80. The second-order valence-electron chi connectivity index (χ2n) is 6.72. The van der Waals surface area contributed by atoms with Gasteiger partial charge in [0.2, 0.25) is 5.54 Å². The van der Waals surface area contributed by atoms with Crippen LogP contribution >= 0.6 is 0 Å². The molecule has 0 amide bonds. The van der Waals surface area contributed by atoms with Crippen LogP contribution in [0.25, 0.3) is 27.1 Å². The van der Waals surface area contributed by atoms with Gasteiger partial charge in [-0.15, -0.1) is 0 Å². The Morgan fingerprint density at radius 2 is 2.08 bits per heavy atom. The first-order valence-electron chi connectivity index (χ1n) is 8.11. The Morgan fingerprint density at radius 1 is 1.27 bits per heavy atom. The van der Waals surface area contributed by atoms with Crippen LogP contribution in [-0.4, -0.2) is 30.3 Å². The molecule has 3 heterocycles. The number of nitrogens with zero attached hydrogens (tertiary/aromatic N) is 7. The van der Waals surface area contributed by atoms with Crippen molar-refractivity contribution < 1.29 is 0 Å². The first-order chi connectivity index (χ1) is 12.7. The number of nitriles is 2. The Hall–Kier alpha value is -3.70. The SMILES string of the molecule is [C-]#[N+]C1(CC#N)CC(CC#N)(n2cc(-c3ncnc4[nH]ccc34)cn2)C1. The van der Waals surface area contributed by atoms with E-state index in [1.807, 2.05) is 18.5 Å². The molecule has 0 spiro atoms. The zero-order chi connectivity index (χ0) is 18.2. The molecule has 1 N–H and O–H groups in total. The van der Waals surface area contributed by atoms with Crippen LogP contribution < -0.4 is 0 Å². The number of hydrogen-bond donors (Lipinski definition) is 1. The highest BCUT2D eigenvalue weighted by molar-refractivity contribution is 5.89. The maximum atomic E-state index is 9.28. The highest BCUT2D eigenvalue weighted by atomic mass is 15.3. The number of hydrogen-bond acceptors (Lipinski definition) is 5. The number of rotatable bonds is 4. The van der Waals surface area contributed by atoms with Gasteiger partial charge >= 0.3 is 0 Å². The van der Waals surface area contributed by atoms with Crippen molar-refractivity contribution in [2.24, 2.45) is 0 Å². The Bertz CT molecular complexity index is 1090. The van der Waals surface area contributed by atoms with E-state index in [4.69, 9.17) is 11.8 Å². The van der Waals surface area contributed by atoms with Crippen LogP contribution in [0.1, 0.15) is 25.7 Å². The zero-order valence-corrected chi connectivity index (χ0v) is 13.8. The van der Waals surface area contributed by atoms with Crippen molar-refractivity contribution >= 4 is 11.0 Å². The maximum absolute atomic E-state index is 9.28. The molecule has 126 valence electrons. The summed E-state index contributed by atoms with van der Waals surface area (Å²) in [6.07, 6.45) is 8.22. The van der Waals surface area contributed by atoms with E-state index in [1.54, 1.807) is 10.9 Å². The molecule has 0 bridgehead atoms. The van der Waals surface area contributed by atoms with Gasteiger partial charge in [-0.05, 0) is 6.07 Å². The van der Waals surface area contributed by atoms with Crippen LogP contribution in [0.2, 0.25) is 0 Å². The summed E-state index contributed by atoms with van der Waals surface area (Å²) in [5.41, 5.74) is 1.09. The molecular weight excluding hydrogens is 328 g/mol. The van der Waals surface area contributed by atoms with E-state index >= 15 is 0 Å². The van der Waals surface area contributed by atoms with E-state index in [2.05, 4.69) is 37.0 Å². The zero-order valence-electron chi connectivity index (χ0n) is 13.8. The first kappa shape index (κ1) is 15.8. The van der Waals surface area contributed by atoms with Gasteiger partial charge in [0.15, 0.2) is 0 Å². The lowest BCUT2D eigenvalue weighted by Crippen LogP contribution is -2.56. The van der Waals surface area contributed by atoms with E-state index < -0.39 is 11.1 Å². The van der Waals surface area contributed by atoms with Crippen LogP contribution in [0, 0.1) is 29.2 Å². The highest BCUT2D eigenvalue weighted by Gasteiger charge is 2.62. The summed E-state index contributed by atoms with van der Waals surface area (Å²) < 4.78 is 1.77. The predicted molar refractivity (Wildman–Crippen MR) is 92.1 cm³/mol. The third kappa shape index (κ3) is 2.22. The second kappa shape index (κ2) is 5.68. The smallest absolute Gasteiger partial charge is 0.250 e. The molecule has 26 heavy (non-hydrogen) atoms. The van der Waals surface area contributed by atoms with Crippen molar-refractivity contribution in [2.75, 3.05) is 0 Å². The first-order valence-corrected chi connectivity index (χ1v) is 8.11. The van der Waals surface area contributed by atoms with Gasteiger partial charge in [-0.1, -0.05) is 0 Å². The highest BCUT2D eigenvalue weighted by Crippen LogP contribution is 2.53.